The summed E-state index contributed by atoms with van der Waals surface area (Å²) < 4.78 is 16.8. The predicted molar refractivity (Wildman–Crippen MR) is 288 cm³/mol. The van der Waals surface area contributed by atoms with Crippen molar-refractivity contribution in [2.24, 2.45) is 0 Å². The van der Waals surface area contributed by atoms with Crippen LogP contribution in [0.4, 0.5) is 0 Å². The minimum absolute atomic E-state index is 0.107. The molecule has 0 N–H and O–H groups in total. The minimum atomic E-state index is -0.808. The molecule has 0 heterocycles. The summed E-state index contributed by atoms with van der Waals surface area (Å²) in [5, 5.41) is 0. The number of esters is 3. The molecule has 1 unspecified atom stereocenters. The number of rotatable bonds is 47. The van der Waals surface area contributed by atoms with E-state index in [0.717, 1.165) is 96.3 Å². The van der Waals surface area contributed by atoms with E-state index in [4.69, 9.17) is 14.2 Å². The third-order valence-electron chi connectivity index (χ3n) is 11.2. The topological polar surface area (TPSA) is 78.9 Å². The van der Waals surface area contributed by atoms with Gasteiger partial charge in [0.05, 0.1) is 0 Å². The fourth-order valence-electron chi connectivity index (χ4n) is 7.19. The molecule has 0 aliphatic carbocycles. The maximum absolute atomic E-state index is 12.8. The summed E-state index contributed by atoms with van der Waals surface area (Å²) >= 11 is 0. The summed E-state index contributed by atoms with van der Waals surface area (Å²) in [7, 11) is 0. The van der Waals surface area contributed by atoms with E-state index in [-0.39, 0.29) is 31.1 Å². The Bertz CT molecular complexity index is 1440. The van der Waals surface area contributed by atoms with Gasteiger partial charge in [-0.15, -0.1) is 0 Å². The molecule has 0 saturated carbocycles. The lowest BCUT2D eigenvalue weighted by atomic mass is 10.0. The van der Waals surface area contributed by atoms with Crippen molar-refractivity contribution in [1.82, 2.24) is 0 Å². The number of hydrogen-bond donors (Lipinski definition) is 0. The molecule has 1 atom stereocenters. The highest BCUT2D eigenvalue weighted by molar-refractivity contribution is 5.71. The molecule has 0 radical (unpaired) electrons. The number of carbonyl (C=O) groups excluding carboxylic acids is 3. The molecule has 0 bridgehead atoms. The monoisotopic (exact) mass is 927 g/mol. The lowest BCUT2D eigenvalue weighted by molar-refractivity contribution is -0.167. The molecule has 0 fully saturated rings. The van der Waals surface area contributed by atoms with Gasteiger partial charge in [-0.1, -0.05) is 271 Å². The maximum Gasteiger partial charge on any atom is 0.306 e. The number of carbonyl (C=O) groups is 3. The van der Waals surface area contributed by atoms with Crippen molar-refractivity contribution in [3.8, 4) is 0 Å². The minimum Gasteiger partial charge on any atom is -0.462 e. The van der Waals surface area contributed by atoms with Gasteiger partial charge in [0, 0.05) is 19.3 Å². The van der Waals surface area contributed by atoms with Crippen LogP contribution in [0.5, 0.6) is 0 Å². The Morgan fingerprint density at radius 2 is 0.582 bits per heavy atom. The molecular weight excluding hydrogens is 829 g/mol. The molecule has 6 nitrogen and oxygen atoms in total. The highest BCUT2D eigenvalue weighted by Crippen LogP contribution is 2.15. The Morgan fingerprint density at radius 1 is 0.313 bits per heavy atom. The molecule has 0 aliphatic rings. The zero-order chi connectivity index (χ0) is 48.6. The summed E-state index contributed by atoms with van der Waals surface area (Å²) in [5.74, 6) is -0.973. The zero-order valence-corrected chi connectivity index (χ0v) is 43.1. The van der Waals surface area contributed by atoms with Crippen molar-refractivity contribution in [3.05, 3.63) is 122 Å². The van der Waals surface area contributed by atoms with Gasteiger partial charge >= 0.3 is 17.9 Å². The number of unbranched alkanes of at least 4 members (excludes halogenated alkanes) is 24. The molecule has 0 aromatic rings. The molecule has 0 aliphatic heterocycles. The van der Waals surface area contributed by atoms with Gasteiger partial charge in [-0.25, -0.2) is 0 Å². The quantitative estimate of drug-likeness (QED) is 0.0262. The van der Waals surface area contributed by atoms with Gasteiger partial charge in [0.1, 0.15) is 13.2 Å². The van der Waals surface area contributed by atoms with Gasteiger partial charge in [-0.05, 0) is 57.8 Å². The van der Waals surface area contributed by atoms with Crippen molar-refractivity contribution in [1.29, 1.82) is 0 Å². The summed E-state index contributed by atoms with van der Waals surface area (Å²) in [4.78, 5) is 38.1. The van der Waals surface area contributed by atoms with E-state index < -0.39 is 6.10 Å². The van der Waals surface area contributed by atoms with Crippen molar-refractivity contribution >= 4 is 17.9 Å². The molecule has 0 rings (SSSR count). The second-order valence-corrected chi connectivity index (χ2v) is 17.6. The fourth-order valence-corrected chi connectivity index (χ4v) is 7.19. The Morgan fingerprint density at radius 3 is 0.925 bits per heavy atom. The molecular formula is C61H98O6. The zero-order valence-electron chi connectivity index (χ0n) is 43.1. The predicted octanol–water partition coefficient (Wildman–Crippen LogP) is 18.1. The van der Waals surface area contributed by atoms with Gasteiger partial charge in [0.2, 0.25) is 0 Å². The van der Waals surface area contributed by atoms with Gasteiger partial charge < -0.3 is 14.2 Å². The first-order valence-corrected chi connectivity index (χ1v) is 27.2. The molecule has 0 aromatic carbocycles. The highest BCUT2D eigenvalue weighted by atomic mass is 16.6. The average molecular weight is 927 g/mol. The SMILES string of the molecule is CC\C=C/C=C\C=C/C=C\C=C\C=C/CCCCCC(=O)OCC(COC(=O)CCCCCCC\C=C/C=C\C=C/C=C\CC)OC(=O)CCCCCCCCCCCCCCCCCCC. The number of allylic oxidation sites excluding steroid dienone is 20. The van der Waals surface area contributed by atoms with Crippen molar-refractivity contribution in [2.45, 2.75) is 232 Å². The molecule has 378 valence electrons. The molecule has 0 spiro atoms. The summed E-state index contributed by atoms with van der Waals surface area (Å²) in [5.41, 5.74) is 0. The van der Waals surface area contributed by atoms with E-state index in [9.17, 15) is 14.4 Å². The van der Waals surface area contributed by atoms with Crippen LogP contribution in [-0.4, -0.2) is 37.2 Å². The molecule has 67 heavy (non-hydrogen) atoms. The average Bonchev–Trinajstić information content (AvgIpc) is 3.33. The van der Waals surface area contributed by atoms with Crippen LogP contribution in [0.2, 0.25) is 0 Å². The molecule has 6 heteroatoms. The lowest BCUT2D eigenvalue weighted by Gasteiger charge is -2.18. The second kappa shape index (κ2) is 54.4. The van der Waals surface area contributed by atoms with Crippen LogP contribution in [0.1, 0.15) is 226 Å². The van der Waals surface area contributed by atoms with E-state index >= 15 is 0 Å². The van der Waals surface area contributed by atoms with Crippen LogP contribution in [0.15, 0.2) is 122 Å². The Labute approximate surface area is 412 Å². The summed E-state index contributed by atoms with van der Waals surface area (Å²) in [6.45, 7) is 6.30. The van der Waals surface area contributed by atoms with Crippen molar-refractivity contribution < 1.29 is 28.6 Å². The first kappa shape index (κ1) is 62.8. The summed E-state index contributed by atoms with van der Waals surface area (Å²) in [6, 6.07) is 0. The van der Waals surface area contributed by atoms with Crippen LogP contribution in [0, 0.1) is 0 Å². The first-order valence-electron chi connectivity index (χ1n) is 27.2. The van der Waals surface area contributed by atoms with Gasteiger partial charge in [-0.2, -0.15) is 0 Å². The fraction of sp³-hybridized carbons (Fsp3) is 0.623. The Kier molecular flexibility index (Phi) is 51.0. The van der Waals surface area contributed by atoms with Crippen LogP contribution >= 0.6 is 0 Å². The van der Waals surface area contributed by atoms with Crippen LogP contribution in [0.3, 0.4) is 0 Å². The van der Waals surface area contributed by atoms with Crippen LogP contribution in [-0.2, 0) is 28.6 Å². The van der Waals surface area contributed by atoms with E-state index in [1.165, 1.54) is 89.9 Å². The smallest absolute Gasteiger partial charge is 0.306 e. The maximum atomic E-state index is 12.8. The number of ether oxygens (including phenoxy) is 3. The van der Waals surface area contributed by atoms with Crippen LogP contribution in [0.25, 0.3) is 0 Å². The Hall–Kier alpha value is -4.19. The number of hydrogen-bond acceptors (Lipinski definition) is 6. The third-order valence-corrected chi connectivity index (χ3v) is 11.2. The first-order chi connectivity index (χ1) is 33.0. The lowest BCUT2D eigenvalue weighted by Crippen LogP contribution is -2.30. The van der Waals surface area contributed by atoms with Gasteiger partial charge in [0.25, 0.3) is 0 Å². The van der Waals surface area contributed by atoms with Crippen molar-refractivity contribution in [2.75, 3.05) is 13.2 Å². The largest absolute Gasteiger partial charge is 0.462 e. The summed E-state index contributed by atoms with van der Waals surface area (Å²) in [6.07, 6.45) is 74.6. The van der Waals surface area contributed by atoms with Crippen LogP contribution < -0.4 is 0 Å². The molecule has 0 amide bonds. The molecule has 0 saturated heterocycles. The van der Waals surface area contributed by atoms with Gasteiger partial charge in [0.15, 0.2) is 6.10 Å². The van der Waals surface area contributed by atoms with Gasteiger partial charge in [-0.3, -0.25) is 14.4 Å². The molecule has 0 aromatic heterocycles. The van der Waals surface area contributed by atoms with E-state index in [1.807, 2.05) is 79.0 Å². The highest BCUT2D eigenvalue weighted by Gasteiger charge is 2.19. The van der Waals surface area contributed by atoms with E-state index in [1.54, 1.807) is 0 Å². The second-order valence-electron chi connectivity index (χ2n) is 17.6. The normalized spacial score (nSPS) is 13.1. The van der Waals surface area contributed by atoms with E-state index in [0.29, 0.717) is 19.3 Å². The van der Waals surface area contributed by atoms with Crippen molar-refractivity contribution in [3.63, 3.8) is 0 Å². The third kappa shape index (κ3) is 52.6. The standard InChI is InChI=1S/C61H98O6/c1-4-7-10-13-16-19-22-25-28-30-33-36-39-42-45-48-51-54-60(63)66-57-58(56-65-59(62)53-50-47-44-41-38-35-32-27-24-21-18-15-12-9-6-3)67-61(64)55-52-49-46-43-40-37-34-31-29-26-23-20-17-14-11-8-5-2/h7,9-10,12-13,15-16,18-19,21-22,24-25,27-28,30,32-33,36,39,58H,4-6,8,11,14,17,20,23,26,29,31,34-35,37-38,40-57H2,1-3H3/b10-7-,12-9-,16-13-,18-15-,22-19-,24-21-,28-25-,32-27-,33-30+,39-36-. The van der Waals surface area contributed by atoms with E-state index in [2.05, 4.69) is 63.3 Å². The Balaban J connectivity index is 4.52.